The van der Waals surface area contributed by atoms with Gasteiger partial charge in [-0.25, -0.2) is 0 Å². The van der Waals surface area contributed by atoms with Crippen molar-refractivity contribution >= 4 is 11.6 Å². The Morgan fingerprint density at radius 3 is 1.39 bits per heavy atom. The van der Waals surface area contributed by atoms with Gasteiger partial charge in [-0.2, -0.15) is 0 Å². The van der Waals surface area contributed by atoms with Crippen LogP contribution in [0.4, 0.5) is 0 Å². The summed E-state index contributed by atoms with van der Waals surface area (Å²) in [5.74, 6) is 1.89. The molecule has 2 aromatic rings. The van der Waals surface area contributed by atoms with E-state index in [-0.39, 0.29) is 24.4 Å². The van der Waals surface area contributed by atoms with E-state index in [4.69, 9.17) is 18.9 Å². The Hall–Kier alpha value is -3.02. The fourth-order valence-electron chi connectivity index (χ4n) is 2.75. The third-order valence-corrected chi connectivity index (χ3v) is 4.15. The number of carbonyl (C=O) groups excluding carboxylic acids is 2. The van der Waals surface area contributed by atoms with Gasteiger partial charge in [-0.1, -0.05) is 0 Å². The number of ether oxygens (including phenoxy) is 4. The van der Waals surface area contributed by atoms with Crippen LogP contribution in [0.3, 0.4) is 0 Å². The number of ketones is 2. The molecule has 28 heavy (non-hydrogen) atoms. The van der Waals surface area contributed by atoms with Gasteiger partial charge in [-0.15, -0.1) is 0 Å². The maximum Gasteiger partial charge on any atom is 0.163 e. The molecule has 6 heteroatoms. The van der Waals surface area contributed by atoms with Gasteiger partial charge >= 0.3 is 0 Å². The van der Waals surface area contributed by atoms with E-state index in [0.717, 1.165) is 0 Å². The Morgan fingerprint density at radius 1 is 0.679 bits per heavy atom. The third-order valence-electron chi connectivity index (χ3n) is 4.15. The van der Waals surface area contributed by atoms with Gasteiger partial charge in [-0.05, 0) is 50.2 Å². The van der Waals surface area contributed by atoms with Crippen LogP contribution in [0.2, 0.25) is 0 Å². The van der Waals surface area contributed by atoms with E-state index < -0.39 is 0 Å². The minimum Gasteiger partial charge on any atom is -0.493 e. The Bertz CT molecular complexity index is 758. The van der Waals surface area contributed by atoms with Crippen molar-refractivity contribution in [2.75, 3.05) is 27.4 Å². The molecule has 0 aliphatic rings. The van der Waals surface area contributed by atoms with Crippen LogP contribution in [-0.2, 0) is 0 Å². The molecule has 0 atom stereocenters. The maximum atomic E-state index is 12.5. The van der Waals surface area contributed by atoms with Crippen LogP contribution in [-0.4, -0.2) is 39.0 Å². The lowest BCUT2D eigenvalue weighted by Gasteiger charge is -2.11. The second-order valence-corrected chi connectivity index (χ2v) is 5.94. The summed E-state index contributed by atoms with van der Waals surface area (Å²) >= 11 is 0. The van der Waals surface area contributed by atoms with Crippen LogP contribution in [0.25, 0.3) is 0 Å². The van der Waals surface area contributed by atoms with E-state index in [1.807, 2.05) is 13.8 Å². The van der Waals surface area contributed by atoms with E-state index in [2.05, 4.69) is 0 Å². The number of hydrogen-bond donors (Lipinski definition) is 0. The molecule has 0 N–H and O–H groups in total. The van der Waals surface area contributed by atoms with E-state index in [0.29, 0.717) is 47.3 Å². The van der Waals surface area contributed by atoms with E-state index >= 15 is 0 Å². The quantitative estimate of drug-likeness (QED) is 0.535. The first-order valence-corrected chi connectivity index (χ1v) is 9.22. The fourth-order valence-corrected chi connectivity index (χ4v) is 2.75. The predicted molar refractivity (Wildman–Crippen MR) is 106 cm³/mol. The zero-order valence-electron chi connectivity index (χ0n) is 16.7. The number of benzene rings is 2. The minimum atomic E-state index is -0.132. The summed E-state index contributed by atoms with van der Waals surface area (Å²) in [6.07, 6.45) is 0.205. The summed E-state index contributed by atoms with van der Waals surface area (Å²) in [5.41, 5.74) is 0.967. The van der Waals surface area contributed by atoms with Crippen molar-refractivity contribution in [1.29, 1.82) is 0 Å². The average Bonchev–Trinajstić information content (AvgIpc) is 2.72. The van der Waals surface area contributed by atoms with Gasteiger partial charge in [0, 0.05) is 24.0 Å². The first-order valence-electron chi connectivity index (χ1n) is 9.22. The van der Waals surface area contributed by atoms with Crippen molar-refractivity contribution in [2.24, 2.45) is 0 Å². The number of methoxy groups -OCH3 is 2. The van der Waals surface area contributed by atoms with Crippen LogP contribution in [0.15, 0.2) is 36.4 Å². The summed E-state index contributed by atoms with van der Waals surface area (Å²) in [5, 5.41) is 0. The van der Waals surface area contributed by atoms with Crippen molar-refractivity contribution in [3.63, 3.8) is 0 Å². The Labute approximate surface area is 165 Å². The van der Waals surface area contributed by atoms with Gasteiger partial charge in [0.25, 0.3) is 0 Å². The number of carbonyl (C=O) groups is 2. The lowest BCUT2D eigenvalue weighted by atomic mass is 10.0. The SMILES string of the molecule is CCOc1ccc(C(=O)CCC(=O)c2ccc(OCC)c(OC)c2)cc1OC. The zero-order chi connectivity index (χ0) is 20.5. The zero-order valence-corrected chi connectivity index (χ0v) is 16.7. The molecule has 0 unspecified atom stereocenters. The molecular formula is C22H26O6. The normalized spacial score (nSPS) is 10.3. The molecule has 0 heterocycles. The van der Waals surface area contributed by atoms with E-state index in [1.54, 1.807) is 36.4 Å². The lowest BCUT2D eigenvalue weighted by Crippen LogP contribution is -2.06. The molecule has 6 nitrogen and oxygen atoms in total. The van der Waals surface area contributed by atoms with Gasteiger partial charge in [0.05, 0.1) is 27.4 Å². The number of hydrogen-bond acceptors (Lipinski definition) is 6. The van der Waals surface area contributed by atoms with Gasteiger partial charge in [0.1, 0.15) is 0 Å². The van der Waals surface area contributed by atoms with Crippen LogP contribution in [0, 0.1) is 0 Å². The molecule has 0 saturated carbocycles. The fraction of sp³-hybridized carbons (Fsp3) is 0.364. The standard InChI is InChI=1S/C22H26O6/c1-5-27-19-11-7-15(13-21(19)25-3)17(23)9-10-18(24)16-8-12-20(28-6-2)22(14-16)26-4/h7-8,11-14H,5-6,9-10H2,1-4H3. The molecule has 0 spiro atoms. The highest BCUT2D eigenvalue weighted by atomic mass is 16.5. The molecule has 0 saturated heterocycles. The lowest BCUT2D eigenvalue weighted by molar-refractivity contribution is 0.0917. The Kier molecular flexibility index (Phi) is 7.87. The van der Waals surface area contributed by atoms with Crippen molar-refractivity contribution in [3.8, 4) is 23.0 Å². The monoisotopic (exact) mass is 386 g/mol. The first kappa shape index (κ1) is 21.3. The van der Waals surface area contributed by atoms with Crippen molar-refractivity contribution in [2.45, 2.75) is 26.7 Å². The van der Waals surface area contributed by atoms with Crippen LogP contribution in [0.5, 0.6) is 23.0 Å². The maximum absolute atomic E-state index is 12.5. The summed E-state index contributed by atoms with van der Waals surface area (Å²) in [6.45, 7) is 4.76. The smallest absolute Gasteiger partial charge is 0.163 e. The van der Waals surface area contributed by atoms with E-state index in [9.17, 15) is 9.59 Å². The molecular weight excluding hydrogens is 360 g/mol. The molecule has 0 aliphatic carbocycles. The second kappa shape index (κ2) is 10.3. The highest BCUT2D eigenvalue weighted by molar-refractivity contribution is 6.02. The topological polar surface area (TPSA) is 71.1 Å². The molecule has 0 amide bonds. The van der Waals surface area contributed by atoms with Gasteiger partial charge in [0.15, 0.2) is 34.6 Å². The van der Waals surface area contributed by atoms with Crippen LogP contribution >= 0.6 is 0 Å². The van der Waals surface area contributed by atoms with Gasteiger partial charge in [0.2, 0.25) is 0 Å². The third kappa shape index (κ3) is 5.25. The molecule has 0 radical (unpaired) electrons. The Balaban J connectivity index is 2.05. The molecule has 0 aliphatic heterocycles. The van der Waals surface area contributed by atoms with Crippen LogP contribution < -0.4 is 18.9 Å². The largest absolute Gasteiger partial charge is 0.493 e. The van der Waals surface area contributed by atoms with Crippen molar-refractivity contribution in [3.05, 3.63) is 47.5 Å². The number of rotatable bonds is 11. The van der Waals surface area contributed by atoms with Gasteiger partial charge in [-0.3, -0.25) is 9.59 Å². The predicted octanol–water partition coefficient (Wildman–Crippen LogP) is 4.35. The second-order valence-electron chi connectivity index (χ2n) is 5.94. The molecule has 2 rings (SSSR count). The molecule has 0 aromatic heterocycles. The summed E-state index contributed by atoms with van der Waals surface area (Å²) in [4.78, 5) is 25.0. The first-order chi connectivity index (χ1) is 13.5. The van der Waals surface area contributed by atoms with Crippen molar-refractivity contribution < 1.29 is 28.5 Å². The highest BCUT2D eigenvalue weighted by Gasteiger charge is 2.15. The molecule has 2 aromatic carbocycles. The summed E-state index contributed by atoms with van der Waals surface area (Å²) < 4.78 is 21.5. The average molecular weight is 386 g/mol. The van der Waals surface area contributed by atoms with Crippen LogP contribution in [0.1, 0.15) is 47.4 Å². The minimum absolute atomic E-state index is 0.103. The van der Waals surface area contributed by atoms with Gasteiger partial charge < -0.3 is 18.9 Å². The molecule has 150 valence electrons. The summed E-state index contributed by atoms with van der Waals surface area (Å²) in [7, 11) is 3.05. The number of Topliss-reactive ketones (excluding diaryl/α,β-unsaturated/α-hetero) is 2. The van der Waals surface area contributed by atoms with E-state index in [1.165, 1.54) is 14.2 Å². The van der Waals surface area contributed by atoms with Crippen molar-refractivity contribution in [1.82, 2.24) is 0 Å². The Morgan fingerprint density at radius 2 is 1.07 bits per heavy atom. The molecule has 0 fully saturated rings. The molecule has 0 bridgehead atoms. The highest BCUT2D eigenvalue weighted by Crippen LogP contribution is 2.30. The summed E-state index contributed by atoms with van der Waals surface area (Å²) in [6, 6.07) is 10.0.